The molecule has 0 spiro atoms. The van der Waals surface area contributed by atoms with Crippen LogP contribution in [0.1, 0.15) is 12.5 Å². The summed E-state index contributed by atoms with van der Waals surface area (Å²) in [6.45, 7) is 4.97. The Bertz CT molecular complexity index is 995. The number of ether oxygens (including phenoxy) is 1. The first-order chi connectivity index (χ1) is 15.0. The predicted molar refractivity (Wildman–Crippen MR) is 123 cm³/mol. The van der Waals surface area contributed by atoms with Crippen LogP contribution >= 0.6 is 11.8 Å². The molecule has 0 bridgehead atoms. The lowest BCUT2D eigenvalue weighted by molar-refractivity contribution is -0.121. The van der Waals surface area contributed by atoms with Gasteiger partial charge in [0.25, 0.3) is 0 Å². The van der Waals surface area contributed by atoms with E-state index in [1.54, 1.807) is 4.90 Å². The second-order valence-corrected chi connectivity index (χ2v) is 8.24. The molecule has 0 aromatic heterocycles. The standard InChI is InChI=1S/C22H25N5O3S/c1-3-30-17-9-7-16(8-10-17)27-21(29)18-12-23-26-20(18)25-22(27)31-13-19(28)24-15-6-4-5-14(2)11-15/h4-11,18,20,23,26H,3,12-13H2,1-2H3,(H,24,28). The summed E-state index contributed by atoms with van der Waals surface area (Å²) in [5.41, 5.74) is 8.55. The molecule has 31 heavy (non-hydrogen) atoms. The number of carbonyl (C=O) groups excluding carboxylic acids is 2. The average molecular weight is 440 g/mol. The van der Waals surface area contributed by atoms with E-state index >= 15 is 0 Å². The molecular weight excluding hydrogens is 414 g/mol. The summed E-state index contributed by atoms with van der Waals surface area (Å²) in [4.78, 5) is 32.0. The van der Waals surface area contributed by atoms with Crippen LogP contribution in [0.4, 0.5) is 11.4 Å². The highest BCUT2D eigenvalue weighted by atomic mass is 32.2. The van der Waals surface area contributed by atoms with E-state index < -0.39 is 0 Å². The number of nitrogens with zero attached hydrogens (tertiary/aromatic N) is 2. The molecule has 1 fully saturated rings. The third-order valence-electron chi connectivity index (χ3n) is 4.97. The van der Waals surface area contributed by atoms with Crippen LogP contribution in [0.5, 0.6) is 5.75 Å². The van der Waals surface area contributed by atoms with Crippen molar-refractivity contribution >= 4 is 40.1 Å². The van der Waals surface area contributed by atoms with Crippen LogP contribution in [0.25, 0.3) is 0 Å². The summed E-state index contributed by atoms with van der Waals surface area (Å²) in [5.74, 6) is 0.372. The van der Waals surface area contributed by atoms with Crippen molar-refractivity contribution in [3.05, 3.63) is 54.1 Å². The molecule has 2 aromatic carbocycles. The Morgan fingerprint density at radius 1 is 1.29 bits per heavy atom. The molecule has 162 valence electrons. The van der Waals surface area contributed by atoms with Crippen LogP contribution in [0.2, 0.25) is 0 Å². The first kappa shape index (κ1) is 21.4. The van der Waals surface area contributed by atoms with E-state index in [0.29, 0.717) is 24.0 Å². The van der Waals surface area contributed by atoms with Gasteiger partial charge in [-0.15, -0.1) is 0 Å². The van der Waals surface area contributed by atoms with E-state index in [4.69, 9.17) is 9.73 Å². The zero-order valence-corrected chi connectivity index (χ0v) is 18.2. The van der Waals surface area contributed by atoms with E-state index in [9.17, 15) is 9.59 Å². The molecule has 9 heteroatoms. The number of hydrogen-bond acceptors (Lipinski definition) is 7. The Morgan fingerprint density at radius 2 is 2.10 bits per heavy atom. The van der Waals surface area contributed by atoms with Crippen molar-refractivity contribution in [1.82, 2.24) is 10.9 Å². The average Bonchev–Trinajstić information content (AvgIpc) is 3.22. The number of hydrogen-bond donors (Lipinski definition) is 3. The minimum absolute atomic E-state index is 0.0525. The third-order valence-corrected chi connectivity index (χ3v) is 5.92. The normalized spacial score (nSPS) is 20.3. The topological polar surface area (TPSA) is 95.1 Å². The molecular formula is C22H25N5O3S. The first-order valence-corrected chi connectivity index (χ1v) is 11.2. The summed E-state index contributed by atoms with van der Waals surface area (Å²) < 4.78 is 5.50. The number of anilines is 2. The fourth-order valence-corrected chi connectivity index (χ4v) is 4.36. The molecule has 2 amide bonds. The second-order valence-electron chi connectivity index (χ2n) is 7.30. The number of hydrazine groups is 1. The maximum atomic E-state index is 13.2. The van der Waals surface area contributed by atoms with E-state index in [1.807, 2.05) is 62.4 Å². The van der Waals surface area contributed by atoms with Gasteiger partial charge in [0.2, 0.25) is 11.8 Å². The van der Waals surface area contributed by atoms with Crippen molar-refractivity contribution < 1.29 is 14.3 Å². The van der Waals surface area contributed by atoms with Crippen molar-refractivity contribution in [2.45, 2.75) is 20.0 Å². The number of fused-ring (bicyclic) bond motifs is 1. The molecule has 4 rings (SSSR count). The van der Waals surface area contributed by atoms with Gasteiger partial charge in [0.05, 0.1) is 24.0 Å². The van der Waals surface area contributed by atoms with Crippen molar-refractivity contribution in [2.75, 3.05) is 29.1 Å². The smallest absolute Gasteiger partial charge is 0.241 e. The van der Waals surface area contributed by atoms with E-state index in [2.05, 4.69) is 16.2 Å². The third kappa shape index (κ3) is 4.90. The van der Waals surface area contributed by atoms with Crippen LogP contribution in [-0.4, -0.2) is 42.1 Å². The van der Waals surface area contributed by atoms with Crippen molar-refractivity contribution in [2.24, 2.45) is 10.9 Å². The number of aliphatic imine (C=N–C) groups is 1. The minimum Gasteiger partial charge on any atom is -0.494 e. The number of thioether (sulfide) groups is 1. The molecule has 0 saturated carbocycles. The summed E-state index contributed by atoms with van der Waals surface area (Å²) in [5, 5.41) is 3.38. The van der Waals surface area contributed by atoms with Gasteiger partial charge in [-0.25, -0.2) is 10.4 Å². The van der Waals surface area contributed by atoms with Crippen molar-refractivity contribution in [3.63, 3.8) is 0 Å². The van der Waals surface area contributed by atoms with Gasteiger partial charge in [-0.2, -0.15) is 0 Å². The molecule has 2 atom stereocenters. The number of amides is 2. The molecule has 2 heterocycles. The zero-order chi connectivity index (χ0) is 21.8. The monoisotopic (exact) mass is 439 g/mol. The van der Waals surface area contributed by atoms with E-state index in [0.717, 1.165) is 17.0 Å². The van der Waals surface area contributed by atoms with Crippen LogP contribution in [0, 0.1) is 12.8 Å². The van der Waals surface area contributed by atoms with Crippen molar-refractivity contribution in [1.29, 1.82) is 0 Å². The molecule has 2 aliphatic rings. The number of rotatable bonds is 6. The number of nitrogens with one attached hydrogen (secondary N) is 3. The number of benzene rings is 2. The number of carbonyl (C=O) groups is 2. The lowest BCUT2D eigenvalue weighted by Crippen LogP contribution is -2.49. The highest BCUT2D eigenvalue weighted by Crippen LogP contribution is 2.30. The van der Waals surface area contributed by atoms with Crippen LogP contribution < -0.4 is 25.8 Å². The molecule has 1 saturated heterocycles. The second kappa shape index (κ2) is 9.51. The lowest BCUT2D eigenvalue weighted by Gasteiger charge is -2.32. The van der Waals surface area contributed by atoms with E-state index in [1.165, 1.54) is 11.8 Å². The van der Waals surface area contributed by atoms with Gasteiger partial charge in [-0.3, -0.25) is 19.9 Å². The minimum atomic E-state index is -0.339. The maximum absolute atomic E-state index is 13.2. The SMILES string of the molecule is CCOc1ccc(N2C(=O)C3CNNC3N=C2SCC(=O)Nc2cccc(C)c2)cc1. The summed E-state index contributed by atoms with van der Waals surface area (Å²) in [7, 11) is 0. The zero-order valence-electron chi connectivity index (χ0n) is 17.4. The fourth-order valence-electron chi connectivity index (χ4n) is 3.51. The summed E-state index contributed by atoms with van der Waals surface area (Å²) in [6, 6.07) is 15.0. The summed E-state index contributed by atoms with van der Waals surface area (Å²) >= 11 is 1.24. The van der Waals surface area contributed by atoms with E-state index in [-0.39, 0.29) is 29.7 Å². The Kier molecular flexibility index (Phi) is 6.55. The van der Waals surface area contributed by atoms with Crippen molar-refractivity contribution in [3.8, 4) is 5.75 Å². The molecule has 0 radical (unpaired) electrons. The van der Waals surface area contributed by atoms with Gasteiger partial charge < -0.3 is 10.1 Å². The van der Waals surface area contributed by atoms with Crippen LogP contribution in [0.3, 0.4) is 0 Å². The van der Waals surface area contributed by atoms with Crippen LogP contribution in [0.15, 0.2) is 53.5 Å². The van der Waals surface area contributed by atoms with Gasteiger partial charge in [0, 0.05) is 12.2 Å². The quantitative estimate of drug-likeness (QED) is 0.640. The Labute approximate surface area is 185 Å². The van der Waals surface area contributed by atoms with Gasteiger partial charge in [0.1, 0.15) is 11.9 Å². The largest absolute Gasteiger partial charge is 0.494 e. The fraction of sp³-hybridized carbons (Fsp3) is 0.318. The first-order valence-electron chi connectivity index (χ1n) is 10.2. The molecule has 2 unspecified atom stereocenters. The molecule has 2 aromatic rings. The number of amidine groups is 1. The highest BCUT2D eigenvalue weighted by molar-refractivity contribution is 8.14. The lowest BCUT2D eigenvalue weighted by atomic mass is 10.0. The molecule has 0 aliphatic carbocycles. The Morgan fingerprint density at radius 3 is 2.84 bits per heavy atom. The molecule has 3 N–H and O–H groups in total. The molecule has 2 aliphatic heterocycles. The van der Waals surface area contributed by atoms with Gasteiger partial charge >= 0.3 is 0 Å². The Balaban J connectivity index is 1.51. The maximum Gasteiger partial charge on any atom is 0.241 e. The van der Waals surface area contributed by atoms with Gasteiger partial charge in [-0.1, -0.05) is 23.9 Å². The predicted octanol–water partition coefficient (Wildman–Crippen LogP) is 2.52. The van der Waals surface area contributed by atoms with Crippen LogP contribution in [-0.2, 0) is 9.59 Å². The highest BCUT2D eigenvalue weighted by Gasteiger charge is 2.42. The number of aryl methyl sites for hydroxylation is 1. The molecule has 8 nitrogen and oxygen atoms in total. The van der Waals surface area contributed by atoms with Gasteiger partial charge in [-0.05, 0) is 55.8 Å². The Hall–Kier alpha value is -2.88. The van der Waals surface area contributed by atoms with Gasteiger partial charge in [0.15, 0.2) is 5.17 Å². The summed E-state index contributed by atoms with van der Waals surface area (Å²) in [6.07, 6.45) is -0.339.